The highest BCUT2D eigenvalue weighted by Gasteiger charge is 2.57. The van der Waals surface area contributed by atoms with Crippen molar-refractivity contribution in [1.29, 1.82) is 0 Å². The third-order valence-corrected chi connectivity index (χ3v) is 5.25. The van der Waals surface area contributed by atoms with Crippen LogP contribution in [-0.4, -0.2) is 71.0 Å². The van der Waals surface area contributed by atoms with Crippen molar-refractivity contribution in [2.24, 2.45) is 0 Å². The fraction of sp³-hybridized carbons (Fsp3) is 0.455. The van der Waals surface area contributed by atoms with Crippen LogP contribution in [0.1, 0.15) is 54.8 Å². The van der Waals surface area contributed by atoms with Crippen molar-refractivity contribution < 1.29 is 47.7 Å². The van der Waals surface area contributed by atoms with Crippen molar-refractivity contribution in [3.05, 3.63) is 35.4 Å². The number of imide groups is 1. The van der Waals surface area contributed by atoms with Gasteiger partial charge in [-0.15, -0.1) is 0 Å². The molecule has 3 rings (SSSR count). The van der Waals surface area contributed by atoms with E-state index in [4.69, 9.17) is 18.9 Å². The standard InChI is InChI=1S/C22H23NO10/c1-10(24)30-17-9-16(23-21(28)14-7-5-6-8-15(14)22(23)29)18(31-11(2)25)20(33-13(4)27)19(17)32-12(3)26/h5-8,16-20H,9H2,1-4H3/t16-,17-,18+,19-,20?/m0/s1. The minimum absolute atomic E-state index is 0.152. The Morgan fingerprint density at radius 1 is 0.697 bits per heavy atom. The summed E-state index contributed by atoms with van der Waals surface area (Å²) < 4.78 is 21.3. The average molecular weight is 461 g/mol. The van der Waals surface area contributed by atoms with Crippen LogP contribution >= 0.6 is 0 Å². The quantitative estimate of drug-likeness (QED) is 0.351. The SMILES string of the molecule is CC(=O)OC1[C@@H](OC(C)=O)[C@@H](OC(C)=O)C[C@H](N2C(=O)c3ccccc3C2=O)[C@H]1OC(C)=O. The number of nitrogens with zero attached hydrogens (tertiary/aromatic N) is 1. The summed E-state index contributed by atoms with van der Waals surface area (Å²) in [4.78, 5) is 74.5. The fourth-order valence-electron chi connectivity index (χ4n) is 4.21. The van der Waals surface area contributed by atoms with Crippen LogP contribution in [0.15, 0.2) is 24.3 Å². The van der Waals surface area contributed by atoms with Crippen LogP contribution in [0.4, 0.5) is 0 Å². The van der Waals surface area contributed by atoms with Crippen LogP contribution < -0.4 is 0 Å². The van der Waals surface area contributed by atoms with Crippen molar-refractivity contribution >= 4 is 35.7 Å². The third kappa shape index (κ3) is 4.86. The van der Waals surface area contributed by atoms with E-state index in [2.05, 4.69) is 0 Å². The molecule has 0 saturated heterocycles. The molecular formula is C22H23NO10. The van der Waals surface area contributed by atoms with Gasteiger partial charge in [0, 0.05) is 34.1 Å². The molecule has 1 fully saturated rings. The number of hydrogen-bond acceptors (Lipinski definition) is 10. The van der Waals surface area contributed by atoms with Crippen LogP contribution in [0.5, 0.6) is 0 Å². The summed E-state index contributed by atoms with van der Waals surface area (Å²) in [6.45, 7) is 4.42. The van der Waals surface area contributed by atoms with Crippen LogP contribution in [0.25, 0.3) is 0 Å². The Bertz CT molecular complexity index is 983. The van der Waals surface area contributed by atoms with Crippen molar-refractivity contribution in [2.45, 2.75) is 64.6 Å². The second-order valence-electron chi connectivity index (χ2n) is 7.70. The molecule has 1 saturated carbocycles. The molecule has 1 aliphatic heterocycles. The molecule has 0 bridgehead atoms. The molecular weight excluding hydrogens is 438 g/mol. The normalized spacial score (nSPS) is 26.3. The maximum atomic E-state index is 13.1. The van der Waals surface area contributed by atoms with Gasteiger partial charge in [0.05, 0.1) is 17.2 Å². The number of rotatable bonds is 5. The van der Waals surface area contributed by atoms with E-state index in [1.807, 2.05) is 0 Å². The molecule has 0 radical (unpaired) electrons. The maximum absolute atomic E-state index is 13.1. The minimum atomic E-state index is -1.46. The van der Waals surface area contributed by atoms with E-state index in [9.17, 15) is 28.8 Å². The molecule has 0 spiro atoms. The smallest absolute Gasteiger partial charge is 0.303 e. The molecule has 1 unspecified atom stereocenters. The van der Waals surface area contributed by atoms with E-state index in [1.165, 1.54) is 12.1 Å². The number of amides is 2. The summed E-state index contributed by atoms with van der Waals surface area (Å²) >= 11 is 0. The highest BCUT2D eigenvalue weighted by molar-refractivity contribution is 6.21. The van der Waals surface area contributed by atoms with E-state index in [-0.39, 0.29) is 17.5 Å². The summed E-state index contributed by atoms with van der Waals surface area (Å²) in [5, 5.41) is 0. The van der Waals surface area contributed by atoms with Gasteiger partial charge in [0.1, 0.15) is 6.10 Å². The molecule has 0 N–H and O–H groups in total. The lowest BCUT2D eigenvalue weighted by atomic mass is 9.83. The summed E-state index contributed by atoms with van der Waals surface area (Å²) in [5.41, 5.74) is 0.304. The monoisotopic (exact) mass is 461 g/mol. The number of carbonyl (C=O) groups excluding carboxylic acids is 6. The molecule has 5 atom stereocenters. The average Bonchev–Trinajstić information content (AvgIpc) is 2.96. The molecule has 176 valence electrons. The minimum Gasteiger partial charge on any atom is -0.458 e. The van der Waals surface area contributed by atoms with Crippen molar-refractivity contribution in [1.82, 2.24) is 4.90 Å². The topological polar surface area (TPSA) is 143 Å². The Balaban J connectivity index is 2.10. The van der Waals surface area contributed by atoms with Crippen molar-refractivity contribution in [3.63, 3.8) is 0 Å². The molecule has 0 aromatic heterocycles. The maximum Gasteiger partial charge on any atom is 0.303 e. The Morgan fingerprint density at radius 3 is 1.58 bits per heavy atom. The number of benzene rings is 1. The first-order chi connectivity index (χ1) is 15.5. The highest BCUT2D eigenvalue weighted by Crippen LogP contribution is 2.36. The van der Waals surface area contributed by atoms with Crippen molar-refractivity contribution in [2.75, 3.05) is 0 Å². The van der Waals surface area contributed by atoms with E-state index in [0.29, 0.717) is 0 Å². The van der Waals surface area contributed by atoms with Crippen molar-refractivity contribution in [3.8, 4) is 0 Å². The number of ether oxygens (including phenoxy) is 4. The van der Waals surface area contributed by atoms with Crippen LogP contribution in [0.2, 0.25) is 0 Å². The molecule has 11 heteroatoms. The number of carbonyl (C=O) groups is 6. The van der Waals surface area contributed by atoms with Crippen LogP contribution in [-0.2, 0) is 38.1 Å². The fourth-order valence-corrected chi connectivity index (χ4v) is 4.21. The first kappa shape index (κ1) is 23.9. The van der Waals surface area contributed by atoms with Gasteiger partial charge in [-0.25, -0.2) is 0 Å². The predicted octanol–water partition coefficient (Wildman–Crippen LogP) is 0.782. The molecule has 1 aromatic carbocycles. The van der Waals surface area contributed by atoms with Gasteiger partial charge in [0.2, 0.25) is 0 Å². The molecule has 11 nitrogen and oxygen atoms in total. The number of fused-ring (bicyclic) bond motifs is 1. The van der Waals surface area contributed by atoms with Gasteiger partial charge < -0.3 is 18.9 Å². The molecule has 1 aromatic rings. The molecule has 2 aliphatic rings. The zero-order valence-corrected chi connectivity index (χ0v) is 18.4. The molecule has 1 aliphatic carbocycles. The van der Waals surface area contributed by atoms with E-state index >= 15 is 0 Å². The summed E-state index contributed by atoms with van der Waals surface area (Å²) in [6, 6.07) is 4.97. The van der Waals surface area contributed by atoms with Gasteiger partial charge in [-0.1, -0.05) is 12.1 Å². The predicted molar refractivity (Wildman–Crippen MR) is 108 cm³/mol. The lowest BCUT2D eigenvalue weighted by molar-refractivity contribution is -0.216. The van der Waals surface area contributed by atoms with E-state index < -0.39 is 66.1 Å². The van der Waals surface area contributed by atoms with Gasteiger partial charge in [-0.05, 0) is 12.1 Å². The lowest BCUT2D eigenvalue weighted by Crippen LogP contribution is -2.65. The zero-order chi connectivity index (χ0) is 24.4. The Labute approximate surface area is 188 Å². The Hall–Kier alpha value is -3.76. The summed E-state index contributed by atoms with van der Waals surface area (Å²) in [6.07, 6.45) is -5.60. The summed E-state index contributed by atoms with van der Waals surface area (Å²) in [5.74, 6) is -4.38. The van der Waals surface area contributed by atoms with Gasteiger partial charge >= 0.3 is 23.9 Å². The Kier molecular flexibility index (Phi) is 6.80. The highest BCUT2D eigenvalue weighted by atomic mass is 16.6. The second-order valence-corrected chi connectivity index (χ2v) is 7.70. The largest absolute Gasteiger partial charge is 0.458 e. The van der Waals surface area contributed by atoms with E-state index in [0.717, 1.165) is 32.6 Å². The van der Waals surface area contributed by atoms with Crippen LogP contribution in [0.3, 0.4) is 0 Å². The van der Waals surface area contributed by atoms with Crippen LogP contribution in [0, 0.1) is 0 Å². The summed E-state index contributed by atoms with van der Waals surface area (Å²) in [7, 11) is 0. The third-order valence-electron chi connectivity index (χ3n) is 5.25. The first-order valence-electron chi connectivity index (χ1n) is 10.2. The lowest BCUT2D eigenvalue weighted by Gasteiger charge is -2.46. The first-order valence-corrected chi connectivity index (χ1v) is 10.2. The zero-order valence-electron chi connectivity index (χ0n) is 18.4. The molecule has 2 amide bonds. The number of hydrogen-bond donors (Lipinski definition) is 0. The van der Waals surface area contributed by atoms with E-state index in [1.54, 1.807) is 12.1 Å². The second kappa shape index (κ2) is 9.39. The van der Waals surface area contributed by atoms with Gasteiger partial charge in [-0.2, -0.15) is 0 Å². The van der Waals surface area contributed by atoms with Gasteiger partial charge in [-0.3, -0.25) is 33.7 Å². The Morgan fingerprint density at radius 2 is 1.12 bits per heavy atom. The van der Waals surface area contributed by atoms with Gasteiger partial charge in [0.15, 0.2) is 18.3 Å². The number of esters is 4. The molecule has 1 heterocycles. The molecule has 33 heavy (non-hydrogen) atoms. The van der Waals surface area contributed by atoms with Gasteiger partial charge in [0.25, 0.3) is 11.8 Å².